The fourth-order valence-electron chi connectivity index (χ4n) is 2.80. The zero-order chi connectivity index (χ0) is 19.9. The molecule has 0 radical (unpaired) electrons. The Balaban J connectivity index is 1.72. The highest BCUT2D eigenvalue weighted by Gasteiger charge is 2.19. The number of benzene rings is 1. The van der Waals surface area contributed by atoms with E-state index in [2.05, 4.69) is 19.9 Å². The van der Waals surface area contributed by atoms with Crippen LogP contribution in [0.5, 0.6) is 0 Å². The van der Waals surface area contributed by atoms with E-state index in [0.29, 0.717) is 36.3 Å². The Bertz CT molecular complexity index is 939. The lowest BCUT2D eigenvalue weighted by molar-refractivity contribution is 0.0600. The first-order chi connectivity index (χ1) is 13.6. The number of methoxy groups -OCH3 is 1. The summed E-state index contributed by atoms with van der Waals surface area (Å²) in [6.07, 6.45) is 5.20. The van der Waals surface area contributed by atoms with Gasteiger partial charge in [-0.1, -0.05) is 12.1 Å². The Morgan fingerprint density at radius 3 is 2.50 bits per heavy atom. The quantitative estimate of drug-likeness (QED) is 0.584. The van der Waals surface area contributed by atoms with E-state index in [0.717, 1.165) is 5.69 Å². The number of hydrogen-bond donors (Lipinski definition) is 0. The van der Waals surface area contributed by atoms with Gasteiger partial charge in [-0.2, -0.15) is 15.0 Å². The molecule has 0 aliphatic carbocycles. The van der Waals surface area contributed by atoms with Crippen LogP contribution in [0.4, 0.5) is 0 Å². The first kappa shape index (κ1) is 19.2. The maximum absolute atomic E-state index is 13.1. The zero-order valence-electron chi connectivity index (χ0n) is 15.8. The number of aromatic nitrogens is 4. The van der Waals surface area contributed by atoms with Gasteiger partial charge in [0.25, 0.3) is 5.91 Å². The molecule has 2 aromatic heterocycles. The SMILES string of the molecule is CCN(CCc1ccc(C(=O)OC)cn1)C(=O)c1ccccc1-n1nccn1. The lowest BCUT2D eigenvalue weighted by atomic mass is 10.1. The Morgan fingerprint density at radius 2 is 1.86 bits per heavy atom. The van der Waals surface area contributed by atoms with Gasteiger partial charge in [-0.15, -0.1) is 0 Å². The van der Waals surface area contributed by atoms with E-state index in [1.807, 2.05) is 25.1 Å². The van der Waals surface area contributed by atoms with Crippen LogP contribution in [0.1, 0.15) is 33.3 Å². The number of carbonyl (C=O) groups is 2. The Kier molecular flexibility index (Phi) is 6.11. The van der Waals surface area contributed by atoms with Crippen molar-refractivity contribution in [2.24, 2.45) is 0 Å². The highest BCUT2D eigenvalue weighted by molar-refractivity contribution is 5.97. The molecule has 2 heterocycles. The summed E-state index contributed by atoms with van der Waals surface area (Å²) in [6.45, 7) is 2.99. The van der Waals surface area contributed by atoms with E-state index < -0.39 is 5.97 Å². The normalized spacial score (nSPS) is 10.5. The molecule has 0 bridgehead atoms. The predicted molar refractivity (Wildman–Crippen MR) is 102 cm³/mol. The molecule has 0 atom stereocenters. The minimum Gasteiger partial charge on any atom is -0.465 e. The van der Waals surface area contributed by atoms with Gasteiger partial charge in [-0.05, 0) is 31.2 Å². The predicted octanol–water partition coefficient (Wildman–Crippen LogP) is 2.15. The highest BCUT2D eigenvalue weighted by atomic mass is 16.5. The number of carbonyl (C=O) groups excluding carboxylic acids is 2. The van der Waals surface area contributed by atoms with Gasteiger partial charge in [0.05, 0.1) is 36.3 Å². The second-order valence-corrected chi connectivity index (χ2v) is 6.00. The Labute approximate surface area is 162 Å². The van der Waals surface area contributed by atoms with Crippen LogP contribution < -0.4 is 0 Å². The molecule has 0 fully saturated rings. The van der Waals surface area contributed by atoms with Crippen molar-refractivity contribution >= 4 is 11.9 Å². The number of rotatable bonds is 7. The summed E-state index contributed by atoms with van der Waals surface area (Å²) in [7, 11) is 1.33. The third-order valence-corrected chi connectivity index (χ3v) is 4.32. The minimum absolute atomic E-state index is 0.0958. The molecule has 0 aliphatic rings. The summed E-state index contributed by atoms with van der Waals surface area (Å²) in [5.41, 5.74) is 2.36. The number of pyridine rings is 1. The van der Waals surface area contributed by atoms with Gasteiger partial charge in [0.1, 0.15) is 0 Å². The van der Waals surface area contributed by atoms with Crippen molar-refractivity contribution in [2.75, 3.05) is 20.2 Å². The van der Waals surface area contributed by atoms with Crippen LogP contribution in [-0.4, -0.2) is 57.0 Å². The molecule has 1 amide bonds. The molecule has 1 aromatic carbocycles. The number of esters is 1. The van der Waals surface area contributed by atoms with Gasteiger partial charge >= 0.3 is 5.97 Å². The molecule has 3 aromatic rings. The van der Waals surface area contributed by atoms with Crippen molar-refractivity contribution < 1.29 is 14.3 Å². The molecule has 8 heteroatoms. The second-order valence-electron chi connectivity index (χ2n) is 6.00. The van der Waals surface area contributed by atoms with E-state index in [4.69, 9.17) is 0 Å². The van der Waals surface area contributed by atoms with Crippen LogP contribution in [0.25, 0.3) is 5.69 Å². The average Bonchev–Trinajstić information content (AvgIpc) is 3.28. The van der Waals surface area contributed by atoms with Gasteiger partial charge in [-0.25, -0.2) is 4.79 Å². The highest BCUT2D eigenvalue weighted by Crippen LogP contribution is 2.15. The number of nitrogens with zero attached hydrogens (tertiary/aromatic N) is 5. The van der Waals surface area contributed by atoms with Crippen LogP contribution in [0, 0.1) is 0 Å². The van der Waals surface area contributed by atoms with Crippen LogP contribution in [0.3, 0.4) is 0 Å². The van der Waals surface area contributed by atoms with Crippen molar-refractivity contribution in [1.82, 2.24) is 24.9 Å². The molecule has 0 unspecified atom stereocenters. The molecule has 8 nitrogen and oxygen atoms in total. The largest absolute Gasteiger partial charge is 0.465 e. The molecular formula is C20H21N5O3. The number of para-hydroxylation sites is 1. The molecule has 0 aliphatic heterocycles. The standard InChI is InChI=1S/C20H21N5O3/c1-3-24(13-10-16-9-8-15(14-21-16)20(27)28-2)19(26)17-6-4-5-7-18(17)25-22-11-12-23-25/h4-9,11-12,14H,3,10,13H2,1-2H3. The van der Waals surface area contributed by atoms with E-state index in [1.165, 1.54) is 18.1 Å². The van der Waals surface area contributed by atoms with Crippen LogP contribution in [0.2, 0.25) is 0 Å². The number of ether oxygens (including phenoxy) is 1. The van der Waals surface area contributed by atoms with Gasteiger partial charge in [0, 0.05) is 31.4 Å². The van der Waals surface area contributed by atoms with E-state index >= 15 is 0 Å². The lowest BCUT2D eigenvalue weighted by Gasteiger charge is -2.22. The smallest absolute Gasteiger partial charge is 0.339 e. The first-order valence-electron chi connectivity index (χ1n) is 8.92. The van der Waals surface area contributed by atoms with Gasteiger partial charge in [0.2, 0.25) is 0 Å². The summed E-state index contributed by atoms with van der Waals surface area (Å²) in [5, 5.41) is 8.25. The number of hydrogen-bond acceptors (Lipinski definition) is 6. The van der Waals surface area contributed by atoms with Crippen molar-refractivity contribution in [3.8, 4) is 5.69 Å². The summed E-state index contributed by atoms with van der Waals surface area (Å²) in [6, 6.07) is 10.7. The molecule has 0 saturated carbocycles. The second kappa shape index (κ2) is 8.90. The van der Waals surface area contributed by atoms with E-state index in [9.17, 15) is 9.59 Å². The Morgan fingerprint density at radius 1 is 1.11 bits per heavy atom. The average molecular weight is 379 g/mol. The first-order valence-corrected chi connectivity index (χ1v) is 8.92. The van der Waals surface area contributed by atoms with Crippen LogP contribution in [0.15, 0.2) is 55.0 Å². The fourth-order valence-corrected chi connectivity index (χ4v) is 2.80. The molecule has 0 saturated heterocycles. The van der Waals surface area contributed by atoms with Crippen LogP contribution >= 0.6 is 0 Å². The summed E-state index contributed by atoms with van der Waals surface area (Å²) >= 11 is 0. The van der Waals surface area contributed by atoms with Crippen molar-refractivity contribution in [2.45, 2.75) is 13.3 Å². The Hall–Kier alpha value is -3.55. The number of amides is 1. The van der Waals surface area contributed by atoms with Gasteiger partial charge in [0.15, 0.2) is 0 Å². The number of likely N-dealkylation sites (N-methyl/N-ethyl adjacent to an activating group) is 1. The molecule has 3 rings (SSSR count). The van der Waals surface area contributed by atoms with E-state index in [-0.39, 0.29) is 5.91 Å². The molecule has 144 valence electrons. The van der Waals surface area contributed by atoms with Crippen molar-refractivity contribution in [1.29, 1.82) is 0 Å². The molecule has 0 N–H and O–H groups in total. The monoisotopic (exact) mass is 379 g/mol. The zero-order valence-corrected chi connectivity index (χ0v) is 15.8. The van der Waals surface area contributed by atoms with Gasteiger partial charge < -0.3 is 9.64 Å². The molecule has 0 spiro atoms. The summed E-state index contributed by atoms with van der Waals surface area (Å²) < 4.78 is 4.67. The maximum atomic E-state index is 13.1. The summed E-state index contributed by atoms with van der Waals surface area (Å²) in [5.74, 6) is -0.519. The molecule has 28 heavy (non-hydrogen) atoms. The maximum Gasteiger partial charge on any atom is 0.339 e. The van der Waals surface area contributed by atoms with Crippen molar-refractivity contribution in [3.05, 3.63) is 71.8 Å². The van der Waals surface area contributed by atoms with Gasteiger partial charge in [-0.3, -0.25) is 9.78 Å². The lowest BCUT2D eigenvalue weighted by Crippen LogP contribution is -2.33. The summed E-state index contributed by atoms with van der Waals surface area (Å²) in [4.78, 5) is 32.0. The minimum atomic E-state index is -0.423. The molecular weight excluding hydrogens is 358 g/mol. The van der Waals surface area contributed by atoms with Crippen LogP contribution in [-0.2, 0) is 11.2 Å². The third-order valence-electron chi connectivity index (χ3n) is 4.32. The third kappa shape index (κ3) is 4.22. The fraction of sp³-hybridized carbons (Fsp3) is 0.250. The van der Waals surface area contributed by atoms with Crippen molar-refractivity contribution in [3.63, 3.8) is 0 Å². The van der Waals surface area contributed by atoms with E-state index in [1.54, 1.807) is 35.5 Å². The topological polar surface area (TPSA) is 90.2 Å².